The van der Waals surface area contributed by atoms with Gasteiger partial charge in [-0.05, 0) is 12.1 Å². The zero-order chi connectivity index (χ0) is 9.84. The summed E-state index contributed by atoms with van der Waals surface area (Å²) in [6, 6.07) is 4.52. The lowest BCUT2D eigenvalue weighted by Crippen LogP contribution is -1.96. The van der Waals surface area contributed by atoms with Gasteiger partial charge in [0, 0.05) is 13.1 Å². The van der Waals surface area contributed by atoms with E-state index >= 15 is 0 Å². The second kappa shape index (κ2) is 4.26. The SMILES string of the molecule is CNc1ccc(I=O)cc1[N+](=O)[O-]. The number of hydrogen-bond acceptors (Lipinski definition) is 4. The van der Waals surface area contributed by atoms with Crippen LogP contribution in [0.3, 0.4) is 0 Å². The van der Waals surface area contributed by atoms with E-state index in [1.165, 1.54) is 6.07 Å². The first-order valence-corrected chi connectivity index (χ1v) is 5.38. The maximum absolute atomic E-state index is 10.6. The van der Waals surface area contributed by atoms with Crippen LogP contribution in [0, 0.1) is 13.7 Å². The van der Waals surface area contributed by atoms with Crippen molar-refractivity contribution in [3.8, 4) is 0 Å². The fourth-order valence-corrected chi connectivity index (χ4v) is 1.66. The highest BCUT2D eigenvalue weighted by Crippen LogP contribution is 2.26. The summed E-state index contributed by atoms with van der Waals surface area (Å²) >= 11 is -1.33. The summed E-state index contributed by atoms with van der Waals surface area (Å²) < 4.78 is 11.1. The Kier molecular flexibility index (Phi) is 3.29. The highest BCUT2D eigenvalue weighted by Gasteiger charge is 2.12. The van der Waals surface area contributed by atoms with Gasteiger partial charge in [0.15, 0.2) is 21.2 Å². The van der Waals surface area contributed by atoms with Gasteiger partial charge in [0.05, 0.1) is 8.49 Å². The van der Waals surface area contributed by atoms with Gasteiger partial charge in [-0.2, -0.15) is 0 Å². The highest BCUT2D eigenvalue weighted by atomic mass is 127. The molecule has 0 radical (unpaired) electrons. The zero-order valence-electron chi connectivity index (χ0n) is 6.78. The maximum Gasteiger partial charge on any atom is 0.293 e. The molecule has 13 heavy (non-hydrogen) atoms. The molecule has 0 spiro atoms. The van der Waals surface area contributed by atoms with Crippen LogP contribution >= 0.6 is 21.2 Å². The first-order valence-electron chi connectivity index (χ1n) is 3.42. The van der Waals surface area contributed by atoms with Gasteiger partial charge < -0.3 is 5.32 Å². The topological polar surface area (TPSA) is 72.2 Å². The molecule has 0 bridgehead atoms. The van der Waals surface area contributed by atoms with Crippen LogP contribution < -0.4 is 5.32 Å². The van der Waals surface area contributed by atoms with Crippen LogP contribution in [0.2, 0.25) is 0 Å². The molecule has 70 valence electrons. The molecular weight excluding hydrogens is 287 g/mol. The molecule has 0 fully saturated rings. The Morgan fingerprint density at radius 3 is 2.69 bits per heavy atom. The van der Waals surface area contributed by atoms with Gasteiger partial charge in [-0.15, -0.1) is 0 Å². The molecule has 0 saturated carbocycles. The van der Waals surface area contributed by atoms with Crippen molar-refractivity contribution in [2.24, 2.45) is 0 Å². The zero-order valence-corrected chi connectivity index (χ0v) is 8.94. The molecule has 0 atom stereocenters. The van der Waals surface area contributed by atoms with Gasteiger partial charge >= 0.3 is 0 Å². The van der Waals surface area contributed by atoms with Gasteiger partial charge in [0.1, 0.15) is 5.69 Å². The van der Waals surface area contributed by atoms with Crippen molar-refractivity contribution < 1.29 is 7.99 Å². The van der Waals surface area contributed by atoms with E-state index in [1.54, 1.807) is 19.2 Å². The predicted octanol–water partition coefficient (Wildman–Crippen LogP) is 2.12. The molecule has 0 heterocycles. The van der Waals surface area contributed by atoms with Crippen molar-refractivity contribution in [3.05, 3.63) is 31.9 Å². The summed E-state index contributed by atoms with van der Waals surface area (Å²) in [4.78, 5) is 10.0. The van der Waals surface area contributed by atoms with Crippen molar-refractivity contribution in [2.45, 2.75) is 0 Å². The van der Waals surface area contributed by atoms with E-state index < -0.39 is 26.1 Å². The molecular formula is C7H7IN2O3. The van der Waals surface area contributed by atoms with Crippen LogP contribution in [0.4, 0.5) is 11.4 Å². The molecule has 1 aromatic carbocycles. The normalized spacial score (nSPS) is 9.62. The summed E-state index contributed by atoms with van der Waals surface area (Å²) in [6.45, 7) is 0. The van der Waals surface area contributed by atoms with Crippen LogP contribution in [-0.2, 0) is 3.07 Å². The second-order valence-corrected chi connectivity index (χ2v) is 3.93. The van der Waals surface area contributed by atoms with Crippen LogP contribution in [0.1, 0.15) is 0 Å². The largest absolute Gasteiger partial charge is 0.383 e. The number of nitrogens with one attached hydrogen (secondary N) is 1. The van der Waals surface area contributed by atoms with E-state index in [1.807, 2.05) is 0 Å². The average molecular weight is 294 g/mol. The summed E-state index contributed by atoms with van der Waals surface area (Å²) in [5.74, 6) is 0. The van der Waals surface area contributed by atoms with Crippen LogP contribution in [0.5, 0.6) is 0 Å². The summed E-state index contributed by atoms with van der Waals surface area (Å²) in [5.41, 5.74) is 0.404. The molecule has 1 rings (SSSR count). The van der Waals surface area contributed by atoms with E-state index in [9.17, 15) is 13.2 Å². The average Bonchev–Trinajstić information content (AvgIpc) is 2.16. The number of rotatable bonds is 3. The van der Waals surface area contributed by atoms with E-state index in [0.717, 1.165) is 0 Å². The van der Waals surface area contributed by atoms with Crippen molar-refractivity contribution in [1.29, 1.82) is 0 Å². The molecule has 1 aromatic rings. The van der Waals surface area contributed by atoms with E-state index in [4.69, 9.17) is 0 Å². The van der Waals surface area contributed by atoms with E-state index in [-0.39, 0.29) is 5.69 Å². The Balaban J connectivity index is 3.25. The summed E-state index contributed by atoms with van der Waals surface area (Å²) in [7, 11) is 1.61. The lowest BCUT2D eigenvalue weighted by Gasteiger charge is -2.00. The third kappa shape index (κ3) is 2.20. The van der Waals surface area contributed by atoms with Crippen LogP contribution in [0.25, 0.3) is 0 Å². The van der Waals surface area contributed by atoms with Gasteiger partial charge in [0.2, 0.25) is 0 Å². The first kappa shape index (κ1) is 10.0. The fraction of sp³-hybridized carbons (Fsp3) is 0.143. The Labute approximate surface area is 84.9 Å². The molecule has 0 saturated heterocycles. The van der Waals surface area contributed by atoms with Crippen molar-refractivity contribution in [3.63, 3.8) is 0 Å². The van der Waals surface area contributed by atoms with Crippen molar-refractivity contribution >= 4 is 32.6 Å². The molecule has 0 aliphatic carbocycles. The Hall–Kier alpha value is -1.05. The highest BCUT2D eigenvalue weighted by molar-refractivity contribution is 14.1. The minimum atomic E-state index is -1.33. The molecule has 0 unspecified atom stereocenters. The number of hydrogen-bond donors (Lipinski definition) is 1. The van der Waals surface area contributed by atoms with Gasteiger partial charge in [0.25, 0.3) is 5.69 Å². The van der Waals surface area contributed by atoms with E-state index in [0.29, 0.717) is 9.26 Å². The Morgan fingerprint density at radius 1 is 1.54 bits per heavy atom. The summed E-state index contributed by atoms with van der Waals surface area (Å²) in [5, 5.41) is 13.2. The molecule has 1 N–H and O–H groups in total. The third-order valence-electron chi connectivity index (χ3n) is 1.51. The molecule has 0 aromatic heterocycles. The van der Waals surface area contributed by atoms with Gasteiger partial charge in [-0.3, -0.25) is 13.2 Å². The minimum absolute atomic E-state index is 0.0319. The van der Waals surface area contributed by atoms with Crippen LogP contribution in [0.15, 0.2) is 18.2 Å². The Bertz CT molecular complexity index is 354. The van der Waals surface area contributed by atoms with Crippen molar-refractivity contribution in [2.75, 3.05) is 12.4 Å². The maximum atomic E-state index is 10.6. The monoisotopic (exact) mass is 294 g/mol. The van der Waals surface area contributed by atoms with Crippen LogP contribution in [-0.4, -0.2) is 12.0 Å². The second-order valence-electron chi connectivity index (χ2n) is 2.25. The molecule has 5 nitrogen and oxygen atoms in total. The van der Waals surface area contributed by atoms with E-state index in [2.05, 4.69) is 5.32 Å². The fourth-order valence-electron chi connectivity index (χ4n) is 0.915. The third-order valence-corrected chi connectivity index (χ3v) is 2.69. The lowest BCUT2D eigenvalue weighted by atomic mass is 10.3. The van der Waals surface area contributed by atoms with Gasteiger partial charge in [-0.1, -0.05) is 0 Å². The molecule has 0 aliphatic heterocycles. The number of nitrogens with zero attached hydrogens (tertiary/aromatic N) is 1. The molecule has 6 heteroatoms. The summed E-state index contributed by atoms with van der Waals surface area (Å²) in [6.07, 6.45) is 0. The van der Waals surface area contributed by atoms with Crippen molar-refractivity contribution in [1.82, 2.24) is 0 Å². The minimum Gasteiger partial charge on any atom is -0.383 e. The van der Waals surface area contributed by atoms with Gasteiger partial charge in [-0.25, -0.2) is 0 Å². The first-order chi connectivity index (χ1) is 6.19. The number of anilines is 1. The Morgan fingerprint density at radius 2 is 2.23 bits per heavy atom. The smallest absolute Gasteiger partial charge is 0.293 e. The number of nitro groups is 1. The number of nitro benzene ring substituents is 1. The predicted molar refractivity (Wildman–Crippen MR) is 56.0 cm³/mol. The molecule has 0 aliphatic rings. The number of halogens is 1. The quantitative estimate of drug-likeness (QED) is 0.526. The standard InChI is InChI=1S/C7H7IN2O3/c1-9-6-3-2-5(8-11)4-7(6)10(12)13/h2-4,9H,1H3. The lowest BCUT2D eigenvalue weighted by molar-refractivity contribution is -0.384. The molecule has 0 amide bonds. The number of benzene rings is 1.